The highest BCUT2D eigenvalue weighted by atomic mass is 32.2. The van der Waals surface area contributed by atoms with Crippen molar-refractivity contribution in [3.8, 4) is 0 Å². The predicted octanol–water partition coefficient (Wildman–Crippen LogP) is 8.27. The Morgan fingerprint density at radius 1 is 0.667 bits per heavy atom. The zero-order valence-corrected chi connectivity index (χ0v) is 20.7. The first kappa shape index (κ1) is 27.2. The summed E-state index contributed by atoms with van der Waals surface area (Å²) in [5.74, 6) is 0. The van der Waals surface area contributed by atoms with Crippen molar-refractivity contribution in [1.29, 1.82) is 0 Å². The van der Waals surface area contributed by atoms with E-state index >= 15 is 0 Å². The van der Waals surface area contributed by atoms with Crippen molar-refractivity contribution in [2.45, 2.75) is 128 Å². The summed E-state index contributed by atoms with van der Waals surface area (Å²) in [6, 6.07) is 5.34. The van der Waals surface area contributed by atoms with Crippen LogP contribution in [0, 0.1) is 13.8 Å². The minimum absolute atomic E-state index is 0.286. The minimum Gasteiger partial charge on any atom is -0.266 e. The van der Waals surface area contributed by atoms with E-state index in [0.717, 1.165) is 24.0 Å². The van der Waals surface area contributed by atoms with Gasteiger partial charge in [-0.25, -0.2) is 0 Å². The summed E-state index contributed by atoms with van der Waals surface area (Å²) in [6.45, 7) is 6.34. The van der Waals surface area contributed by atoms with Crippen LogP contribution in [0.15, 0.2) is 23.1 Å². The van der Waals surface area contributed by atoms with Crippen molar-refractivity contribution in [2.75, 3.05) is 6.61 Å². The molecule has 0 bridgehead atoms. The van der Waals surface area contributed by atoms with E-state index in [1.54, 1.807) is 6.07 Å². The van der Waals surface area contributed by atoms with Crippen LogP contribution in [0.3, 0.4) is 0 Å². The molecular weight excluding hydrogens is 392 g/mol. The molecule has 0 saturated carbocycles. The van der Waals surface area contributed by atoms with Gasteiger partial charge >= 0.3 is 0 Å². The molecule has 1 aromatic carbocycles. The normalized spacial score (nSPS) is 11.8. The highest BCUT2D eigenvalue weighted by Gasteiger charge is 2.17. The summed E-state index contributed by atoms with van der Waals surface area (Å²) in [7, 11) is -3.63. The lowest BCUT2D eigenvalue weighted by Gasteiger charge is -2.09. The van der Waals surface area contributed by atoms with Gasteiger partial charge in [0.2, 0.25) is 0 Å². The molecule has 0 saturated heterocycles. The molecule has 4 heteroatoms. The summed E-state index contributed by atoms with van der Waals surface area (Å²) < 4.78 is 29.8. The van der Waals surface area contributed by atoms with E-state index in [-0.39, 0.29) is 6.61 Å². The van der Waals surface area contributed by atoms with Crippen LogP contribution in [-0.4, -0.2) is 15.0 Å². The van der Waals surface area contributed by atoms with Crippen LogP contribution in [-0.2, 0) is 14.3 Å². The fourth-order valence-electron chi connectivity index (χ4n) is 3.96. The van der Waals surface area contributed by atoms with Crippen molar-refractivity contribution < 1.29 is 12.6 Å². The van der Waals surface area contributed by atoms with Crippen molar-refractivity contribution in [1.82, 2.24) is 0 Å². The molecule has 1 aromatic rings. The number of rotatable bonds is 19. The van der Waals surface area contributed by atoms with Crippen LogP contribution < -0.4 is 0 Å². The lowest BCUT2D eigenvalue weighted by atomic mass is 10.0. The third-order valence-electron chi connectivity index (χ3n) is 5.84. The molecule has 174 valence electrons. The third-order valence-corrected chi connectivity index (χ3v) is 7.31. The molecule has 1 rings (SSSR count). The monoisotopic (exact) mass is 438 g/mol. The Balaban J connectivity index is 1.92. The second-order valence-electron chi connectivity index (χ2n) is 8.85. The van der Waals surface area contributed by atoms with Crippen molar-refractivity contribution in [2.24, 2.45) is 0 Å². The Morgan fingerprint density at radius 3 is 1.53 bits per heavy atom. The van der Waals surface area contributed by atoms with E-state index in [2.05, 4.69) is 6.92 Å². The Morgan fingerprint density at radius 2 is 1.10 bits per heavy atom. The summed E-state index contributed by atoms with van der Waals surface area (Å²) in [5.41, 5.74) is 1.81. The topological polar surface area (TPSA) is 43.4 Å². The molecule has 0 radical (unpaired) electrons. The van der Waals surface area contributed by atoms with Crippen LogP contribution in [0.25, 0.3) is 0 Å². The fourth-order valence-corrected chi connectivity index (χ4v) is 5.11. The molecule has 0 aliphatic rings. The quantitative estimate of drug-likeness (QED) is 0.161. The summed E-state index contributed by atoms with van der Waals surface area (Å²) in [4.78, 5) is 0.296. The van der Waals surface area contributed by atoms with Gasteiger partial charge in [0.1, 0.15) is 0 Å². The summed E-state index contributed by atoms with van der Waals surface area (Å²) in [5, 5.41) is 0. The van der Waals surface area contributed by atoms with Crippen LogP contribution >= 0.6 is 0 Å². The van der Waals surface area contributed by atoms with Crippen molar-refractivity contribution in [3.63, 3.8) is 0 Å². The zero-order valence-electron chi connectivity index (χ0n) is 19.9. The highest BCUT2D eigenvalue weighted by molar-refractivity contribution is 7.86. The molecule has 3 nitrogen and oxygen atoms in total. The lowest BCUT2D eigenvalue weighted by Crippen LogP contribution is -2.09. The maximum Gasteiger partial charge on any atom is 0.297 e. The van der Waals surface area contributed by atoms with Crippen LogP contribution in [0.2, 0.25) is 0 Å². The summed E-state index contributed by atoms with van der Waals surface area (Å²) >= 11 is 0. The molecule has 0 aromatic heterocycles. The van der Waals surface area contributed by atoms with Gasteiger partial charge < -0.3 is 0 Å². The van der Waals surface area contributed by atoms with E-state index in [1.165, 1.54) is 89.9 Å². The molecule has 0 heterocycles. The average Bonchev–Trinajstić information content (AvgIpc) is 2.70. The number of benzene rings is 1. The van der Waals surface area contributed by atoms with Gasteiger partial charge in [-0.15, -0.1) is 0 Å². The average molecular weight is 439 g/mol. The number of hydrogen-bond acceptors (Lipinski definition) is 3. The SMILES string of the molecule is CCCCCCCCCCCCCCCCCCOS(=O)(=O)c1ccc(C)cc1C. The van der Waals surface area contributed by atoms with Gasteiger partial charge in [-0.1, -0.05) is 121 Å². The smallest absolute Gasteiger partial charge is 0.266 e. The van der Waals surface area contributed by atoms with E-state index in [9.17, 15) is 8.42 Å². The lowest BCUT2D eigenvalue weighted by molar-refractivity contribution is 0.306. The number of hydrogen-bond donors (Lipinski definition) is 0. The molecular formula is C26H46O3S. The third kappa shape index (κ3) is 12.7. The van der Waals surface area contributed by atoms with Gasteiger partial charge in [0, 0.05) is 0 Å². The molecule has 0 aliphatic carbocycles. The van der Waals surface area contributed by atoms with Crippen LogP contribution in [0.1, 0.15) is 121 Å². The van der Waals surface area contributed by atoms with Gasteiger partial charge in [0.05, 0.1) is 11.5 Å². The van der Waals surface area contributed by atoms with Crippen molar-refractivity contribution in [3.05, 3.63) is 29.3 Å². The van der Waals surface area contributed by atoms with Crippen LogP contribution in [0.5, 0.6) is 0 Å². The first-order chi connectivity index (χ1) is 14.5. The Hall–Kier alpha value is -0.870. The van der Waals surface area contributed by atoms with Gasteiger partial charge in [-0.2, -0.15) is 8.42 Å². The fraction of sp³-hybridized carbons (Fsp3) is 0.769. The molecule has 30 heavy (non-hydrogen) atoms. The van der Waals surface area contributed by atoms with Gasteiger partial charge in [-0.05, 0) is 31.9 Å². The van der Waals surface area contributed by atoms with E-state index in [1.807, 2.05) is 26.0 Å². The molecule has 0 unspecified atom stereocenters. The number of unbranched alkanes of at least 4 members (excludes halogenated alkanes) is 15. The molecule has 0 aliphatic heterocycles. The highest BCUT2D eigenvalue weighted by Crippen LogP contribution is 2.19. The predicted molar refractivity (Wildman–Crippen MR) is 129 cm³/mol. The molecule has 0 N–H and O–H groups in total. The van der Waals surface area contributed by atoms with E-state index in [4.69, 9.17) is 4.18 Å². The Kier molecular flexibility index (Phi) is 15.2. The Labute approximate surface area is 187 Å². The maximum atomic E-state index is 12.3. The molecule has 0 amide bonds. The summed E-state index contributed by atoms with van der Waals surface area (Å²) in [6.07, 6.45) is 20.9. The van der Waals surface area contributed by atoms with Crippen molar-refractivity contribution >= 4 is 10.1 Å². The van der Waals surface area contributed by atoms with Crippen LogP contribution in [0.4, 0.5) is 0 Å². The second kappa shape index (κ2) is 16.8. The number of aryl methyl sites for hydroxylation is 2. The zero-order chi connectivity index (χ0) is 22.1. The first-order valence-corrected chi connectivity index (χ1v) is 13.8. The first-order valence-electron chi connectivity index (χ1n) is 12.4. The molecule has 0 atom stereocenters. The Bertz CT molecular complexity index is 652. The largest absolute Gasteiger partial charge is 0.297 e. The second-order valence-corrected chi connectivity index (χ2v) is 10.4. The standard InChI is InChI=1S/C26H46O3S/c1-4-5-6-7-8-9-10-11-12-13-14-15-16-17-18-19-22-29-30(27,28)26-21-20-24(2)23-25(26)3/h20-21,23H,4-19,22H2,1-3H3. The van der Waals surface area contributed by atoms with E-state index < -0.39 is 10.1 Å². The van der Waals surface area contributed by atoms with Gasteiger partial charge in [0.25, 0.3) is 10.1 Å². The molecule has 0 fully saturated rings. The van der Waals surface area contributed by atoms with Gasteiger partial charge in [0.15, 0.2) is 0 Å². The van der Waals surface area contributed by atoms with E-state index in [0.29, 0.717) is 4.90 Å². The molecule has 0 spiro atoms. The maximum absolute atomic E-state index is 12.3. The minimum atomic E-state index is -3.63. The van der Waals surface area contributed by atoms with Gasteiger partial charge in [-0.3, -0.25) is 4.18 Å².